The molecule has 0 spiro atoms. The van der Waals surface area contributed by atoms with Crippen LogP contribution in [0.5, 0.6) is 0 Å². The molecule has 1 heterocycles. The van der Waals surface area contributed by atoms with Gasteiger partial charge in [-0.15, -0.1) is 0 Å². The normalized spacial score (nSPS) is 28.4. The average molecular weight is 358 g/mol. The summed E-state index contributed by atoms with van der Waals surface area (Å²) in [6, 6.07) is 0. The molecule has 1 rings (SSSR count). The van der Waals surface area contributed by atoms with Crippen LogP contribution in [0.4, 0.5) is 52.7 Å². The molecule has 0 saturated carbocycles. The fourth-order valence-corrected chi connectivity index (χ4v) is 2.10. The molecule has 2 atom stereocenters. The molecule has 2 unspecified atom stereocenters. The van der Waals surface area contributed by atoms with Crippen LogP contribution >= 0.6 is 0 Å². The SMILES string of the molecule is FCC1(CF)OC1(CF)C(F)(C(F)(F)F)C(F)(F)C(F)(F)F. The number of hydrogen-bond donors (Lipinski definition) is 0. The first-order valence-electron chi connectivity index (χ1n) is 5.22. The molecule has 0 amide bonds. The summed E-state index contributed by atoms with van der Waals surface area (Å²) in [5.74, 6) is -7.21. The van der Waals surface area contributed by atoms with Crippen LogP contribution < -0.4 is 0 Å². The van der Waals surface area contributed by atoms with Gasteiger partial charge in [-0.1, -0.05) is 0 Å². The van der Waals surface area contributed by atoms with E-state index in [2.05, 4.69) is 4.74 Å². The molecule has 0 aromatic heterocycles. The topological polar surface area (TPSA) is 12.5 Å². The van der Waals surface area contributed by atoms with Gasteiger partial charge in [0.15, 0.2) is 11.2 Å². The zero-order valence-corrected chi connectivity index (χ0v) is 10.1. The van der Waals surface area contributed by atoms with E-state index < -0.39 is 55.2 Å². The number of halogens is 12. The van der Waals surface area contributed by atoms with Gasteiger partial charge in [0.05, 0.1) is 0 Å². The Morgan fingerprint density at radius 2 is 1.05 bits per heavy atom. The van der Waals surface area contributed by atoms with Crippen molar-refractivity contribution in [2.45, 2.75) is 35.1 Å². The molecule has 22 heavy (non-hydrogen) atoms. The molecule has 0 N–H and O–H groups in total. The highest BCUT2D eigenvalue weighted by atomic mass is 19.4. The molecule has 0 bridgehead atoms. The van der Waals surface area contributed by atoms with Gasteiger partial charge in [0, 0.05) is 0 Å². The van der Waals surface area contributed by atoms with E-state index in [0.29, 0.717) is 0 Å². The smallest absolute Gasteiger partial charge is 0.350 e. The highest BCUT2D eigenvalue weighted by Crippen LogP contribution is 2.68. The lowest BCUT2D eigenvalue weighted by molar-refractivity contribution is -0.397. The highest BCUT2D eigenvalue weighted by molar-refractivity contribution is 5.31. The second-order valence-electron chi connectivity index (χ2n) is 4.55. The van der Waals surface area contributed by atoms with Gasteiger partial charge in [0.25, 0.3) is 0 Å². The average Bonchev–Trinajstić information content (AvgIpc) is 3.05. The minimum Gasteiger partial charge on any atom is -0.350 e. The summed E-state index contributed by atoms with van der Waals surface area (Å²) >= 11 is 0. The number of hydrogen-bond acceptors (Lipinski definition) is 1. The molecule has 0 radical (unpaired) electrons. The Morgan fingerprint density at radius 3 is 1.23 bits per heavy atom. The van der Waals surface area contributed by atoms with Crippen LogP contribution in [0.25, 0.3) is 0 Å². The van der Waals surface area contributed by atoms with Gasteiger partial charge < -0.3 is 4.74 Å². The third-order valence-electron chi connectivity index (χ3n) is 3.42. The maximum atomic E-state index is 14.0. The Hall–Kier alpha value is -0.880. The van der Waals surface area contributed by atoms with Crippen molar-refractivity contribution < 1.29 is 57.4 Å². The van der Waals surface area contributed by atoms with E-state index in [9.17, 15) is 52.7 Å². The summed E-state index contributed by atoms with van der Waals surface area (Å²) in [4.78, 5) is 0. The Kier molecular flexibility index (Phi) is 4.19. The summed E-state index contributed by atoms with van der Waals surface area (Å²) < 4.78 is 156. The highest BCUT2D eigenvalue weighted by Gasteiger charge is 2.97. The van der Waals surface area contributed by atoms with Crippen LogP contribution in [0.3, 0.4) is 0 Å². The number of rotatable bonds is 5. The molecule has 132 valence electrons. The molecule has 1 nitrogen and oxygen atoms in total. The van der Waals surface area contributed by atoms with Gasteiger partial charge in [-0.05, 0) is 0 Å². The van der Waals surface area contributed by atoms with Crippen molar-refractivity contribution in [3.8, 4) is 0 Å². The van der Waals surface area contributed by atoms with Crippen molar-refractivity contribution in [3.05, 3.63) is 0 Å². The van der Waals surface area contributed by atoms with Gasteiger partial charge in [-0.25, -0.2) is 17.6 Å². The van der Waals surface area contributed by atoms with Crippen molar-refractivity contribution >= 4 is 0 Å². The lowest BCUT2D eigenvalue weighted by Gasteiger charge is -2.39. The van der Waals surface area contributed by atoms with Gasteiger partial charge >= 0.3 is 23.9 Å². The monoisotopic (exact) mass is 358 g/mol. The van der Waals surface area contributed by atoms with Gasteiger partial charge in [-0.2, -0.15) is 35.1 Å². The molecule has 0 aliphatic carbocycles. The summed E-state index contributed by atoms with van der Waals surface area (Å²) in [6.45, 7) is -7.84. The first kappa shape index (κ1) is 19.2. The summed E-state index contributed by atoms with van der Waals surface area (Å²) in [5, 5.41) is 0. The number of ether oxygens (including phenoxy) is 1. The van der Waals surface area contributed by atoms with E-state index in [4.69, 9.17) is 0 Å². The van der Waals surface area contributed by atoms with E-state index in [1.165, 1.54) is 0 Å². The molecular formula is C9H6F12O. The molecule has 0 aromatic carbocycles. The van der Waals surface area contributed by atoms with Crippen LogP contribution in [-0.4, -0.2) is 55.2 Å². The zero-order valence-electron chi connectivity index (χ0n) is 10.1. The van der Waals surface area contributed by atoms with Crippen LogP contribution in [0.15, 0.2) is 0 Å². The Labute approximate surface area is 114 Å². The first-order chi connectivity index (χ1) is 9.64. The molecule has 13 heteroatoms. The van der Waals surface area contributed by atoms with E-state index in [0.717, 1.165) is 0 Å². The van der Waals surface area contributed by atoms with E-state index in [-0.39, 0.29) is 0 Å². The second kappa shape index (κ2) is 4.81. The summed E-state index contributed by atoms with van der Waals surface area (Å²) in [7, 11) is 0. The zero-order chi connectivity index (χ0) is 17.8. The predicted molar refractivity (Wildman–Crippen MR) is 45.4 cm³/mol. The molecule has 0 aromatic rings. The fraction of sp³-hybridized carbons (Fsp3) is 1.00. The molecule has 1 fully saturated rings. The van der Waals surface area contributed by atoms with Gasteiger partial charge in [-0.3, -0.25) is 0 Å². The Balaban J connectivity index is 3.64. The van der Waals surface area contributed by atoms with E-state index >= 15 is 0 Å². The van der Waals surface area contributed by atoms with Crippen molar-refractivity contribution in [1.82, 2.24) is 0 Å². The lowest BCUT2D eigenvalue weighted by atomic mass is 9.76. The fourth-order valence-electron chi connectivity index (χ4n) is 2.10. The summed E-state index contributed by atoms with van der Waals surface area (Å²) in [5.41, 5.74) is -15.1. The van der Waals surface area contributed by atoms with Gasteiger partial charge in [0.1, 0.15) is 20.0 Å². The maximum Gasteiger partial charge on any atom is 0.457 e. The minimum atomic E-state index is -7.21. The predicted octanol–water partition coefficient (Wildman–Crippen LogP) is 3.87. The molecule has 1 aliphatic heterocycles. The van der Waals surface area contributed by atoms with Crippen LogP contribution in [-0.2, 0) is 4.74 Å². The van der Waals surface area contributed by atoms with Crippen molar-refractivity contribution in [1.29, 1.82) is 0 Å². The van der Waals surface area contributed by atoms with Crippen molar-refractivity contribution in [2.24, 2.45) is 0 Å². The summed E-state index contributed by atoms with van der Waals surface area (Å²) in [6.07, 6.45) is -14.2. The van der Waals surface area contributed by atoms with Crippen molar-refractivity contribution in [2.75, 3.05) is 20.0 Å². The standard InChI is InChI=1S/C9H6F12O/c10-1-4(2-11)5(3-12,22-4)6(13,8(16,17)18)7(14,15)9(19,20)21/h1-3H2. The van der Waals surface area contributed by atoms with Crippen molar-refractivity contribution in [3.63, 3.8) is 0 Å². The maximum absolute atomic E-state index is 14.0. The number of alkyl halides is 12. The third kappa shape index (κ3) is 1.92. The lowest BCUT2D eigenvalue weighted by Crippen LogP contribution is -2.71. The largest absolute Gasteiger partial charge is 0.457 e. The Bertz CT molecular complexity index is 423. The van der Waals surface area contributed by atoms with Crippen LogP contribution in [0.1, 0.15) is 0 Å². The molecule has 1 saturated heterocycles. The van der Waals surface area contributed by atoms with Crippen LogP contribution in [0, 0.1) is 0 Å². The Morgan fingerprint density at radius 1 is 0.636 bits per heavy atom. The minimum absolute atomic E-state index is 2.44. The van der Waals surface area contributed by atoms with Gasteiger partial charge in [0.2, 0.25) is 0 Å². The van der Waals surface area contributed by atoms with E-state index in [1.54, 1.807) is 0 Å². The second-order valence-corrected chi connectivity index (χ2v) is 4.55. The third-order valence-corrected chi connectivity index (χ3v) is 3.42. The molecule has 1 aliphatic rings. The molecular weight excluding hydrogens is 352 g/mol. The first-order valence-corrected chi connectivity index (χ1v) is 5.22. The van der Waals surface area contributed by atoms with Crippen LogP contribution in [0.2, 0.25) is 0 Å². The number of epoxide rings is 1. The van der Waals surface area contributed by atoms with E-state index in [1.807, 2.05) is 0 Å². The quantitative estimate of drug-likeness (QED) is 0.537.